The number of thiazole rings is 1. The van der Waals surface area contributed by atoms with Crippen molar-refractivity contribution in [2.75, 3.05) is 43.9 Å². The Morgan fingerprint density at radius 3 is 2.76 bits per heavy atom. The highest BCUT2D eigenvalue weighted by atomic mass is 32.1. The predicted octanol–water partition coefficient (Wildman–Crippen LogP) is 1.01. The number of hydrogen-bond donors (Lipinski definition) is 2. The molecule has 1 amide bonds. The number of amides is 1. The normalized spacial score (nSPS) is 25.9. The van der Waals surface area contributed by atoms with Crippen LogP contribution in [0.15, 0.2) is 0 Å². The number of anilines is 2. The van der Waals surface area contributed by atoms with Gasteiger partial charge in [-0.05, 0) is 19.4 Å². The summed E-state index contributed by atoms with van der Waals surface area (Å²) in [6, 6.07) is 0.330. The topological polar surface area (TPSA) is 74.5 Å². The molecule has 0 radical (unpaired) electrons. The highest BCUT2D eigenvalue weighted by Gasteiger charge is 2.37. The number of aromatic nitrogens is 1. The van der Waals surface area contributed by atoms with Gasteiger partial charge in [-0.25, -0.2) is 4.98 Å². The third kappa shape index (κ3) is 3.13. The van der Waals surface area contributed by atoms with E-state index in [0.717, 1.165) is 44.2 Å². The summed E-state index contributed by atoms with van der Waals surface area (Å²) in [5.74, 6) is 0.937. The number of nitrogen functional groups attached to an aromatic ring is 1. The number of likely N-dealkylation sites (N-methyl/N-ethyl adjacent to an activating group) is 1. The Morgan fingerprint density at radius 1 is 1.43 bits per heavy atom. The van der Waals surface area contributed by atoms with Crippen LogP contribution in [-0.2, 0) is 0 Å². The Bertz CT molecular complexity index is 523. The van der Waals surface area contributed by atoms with Gasteiger partial charge in [0.1, 0.15) is 10.7 Å². The van der Waals surface area contributed by atoms with Gasteiger partial charge in [0, 0.05) is 32.2 Å². The van der Waals surface area contributed by atoms with E-state index < -0.39 is 0 Å². The van der Waals surface area contributed by atoms with Gasteiger partial charge in [0.15, 0.2) is 5.13 Å². The fourth-order valence-electron chi connectivity index (χ4n) is 2.73. The molecule has 2 heterocycles. The van der Waals surface area contributed by atoms with Crippen molar-refractivity contribution in [3.05, 3.63) is 4.88 Å². The average molecular weight is 309 g/mol. The van der Waals surface area contributed by atoms with Crippen LogP contribution in [0.4, 0.5) is 10.9 Å². The Labute approximate surface area is 129 Å². The van der Waals surface area contributed by atoms with Crippen LogP contribution in [-0.4, -0.2) is 55.1 Å². The summed E-state index contributed by atoms with van der Waals surface area (Å²) in [4.78, 5) is 21.7. The second-order valence-corrected chi connectivity index (χ2v) is 6.96. The van der Waals surface area contributed by atoms with E-state index in [4.69, 9.17) is 5.73 Å². The molecule has 116 valence electrons. The molecule has 2 aliphatic rings. The molecular weight excluding hydrogens is 286 g/mol. The first-order valence-electron chi connectivity index (χ1n) is 7.59. The summed E-state index contributed by atoms with van der Waals surface area (Å²) in [5, 5.41) is 3.93. The summed E-state index contributed by atoms with van der Waals surface area (Å²) < 4.78 is 0. The zero-order chi connectivity index (χ0) is 15.0. The number of nitrogens with zero attached hydrogens (tertiary/aromatic N) is 3. The second kappa shape index (κ2) is 5.81. The minimum Gasteiger partial charge on any atom is -0.382 e. The van der Waals surface area contributed by atoms with E-state index in [-0.39, 0.29) is 5.91 Å². The molecule has 2 fully saturated rings. The number of carbonyl (C=O) groups excluding carboxylic acids is 1. The first-order valence-corrected chi connectivity index (χ1v) is 8.40. The van der Waals surface area contributed by atoms with E-state index in [1.165, 1.54) is 11.3 Å². The number of nitrogens with one attached hydrogen (secondary N) is 1. The lowest BCUT2D eigenvalue weighted by Crippen LogP contribution is -2.44. The molecule has 2 atom stereocenters. The highest BCUT2D eigenvalue weighted by molar-refractivity contribution is 7.18. The number of carbonyl (C=O) groups is 1. The van der Waals surface area contributed by atoms with Crippen molar-refractivity contribution >= 4 is 28.2 Å². The van der Waals surface area contributed by atoms with E-state index in [1.54, 1.807) is 0 Å². The monoisotopic (exact) mass is 309 g/mol. The van der Waals surface area contributed by atoms with Crippen molar-refractivity contribution in [3.8, 4) is 0 Å². The highest BCUT2D eigenvalue weighted by Crippen LogP contribution is 2.34. The Balaban J connectivity index is 1.65. The molecule has 0 aromatic carbocycles. The van der Waals surface area contributed by atoms with E-state index in [2.05, 4.69) is 34.1 Å². The number of hydrogen-bond acceptors (Lipinski definition) is 6. The lowest BCUT2D eigenvalue weighted by atomic mass is 10.3. The Morgan fingerprint density at radius 2 is 2.14 bits per heavy atom. The van der Waals surface area contributed by atoms with Crippen LogP contribution in [0.2, 0.25) is 0 Å². The van der Waals surface area contributed by atoms with Crippen molar-refractivity contribution in [1.82, 2.24) is 15.2 Å². The molecule has 6 nitrogen and oxygen atoms in total. The van der Waals surface area contributed by atoms with Crippen LogP contribution in [0.1, 0.15) is 29.4 Å². The van der Waals surface area contributed by atoms with Crippen molar-refractivity contribution in [2.24, 2.45) is 5.92 Å². The van der Waals surface area contributed by atoms with Gasteiger partial charge >= 0.3 is 0 Å². The zero-order valence-electron chi connectivity index (χ0n) is 12.6. The van der Waals surface area contributed by atoms with E-state index in [9.17, 15) is 4.79 Å². The third-order valence-corrected chi connectivity index (χ3v) is 5.52. The van der Waals surface area contributed by atoms with Crippen LogP contribution < -0.4 is 16.0 Å². The van der Waals surface area contributed by atoms with Crippen LogP contribution in [0.5, 0.6) is 0 Å². The maximum absolute atomic E-state index is 12.3. The molecule has 0 bridgehead atoms. The molecule has 7 heteroatoms. The molecule has 1 aromatic heterocycles. The van der Waals surface area contributed by atoms with E-state index in [1.807, 2.05) is 0 Å². The summed E-state index contributed by atoms with van der Waals surface area (Å²) in [6.07, 6.45) is 2.21. The standard InChI is InChI=1S/C14H23N5OS/c1-3-9-8-10(9)16-13(20)11-12(15)17-14(21-11)19-6-4-18(2)5-7-19/h9-10H,3-8,15H2,1-2H3,(H,16,20). The molecule has 1 aliphatic carbocycles. The lowest BCUT2D eigenvalue weighted by molar-refractivity contribution is 0.0953. The van der Waals surface area contributed by atoms with Crippen molar-refractivity contribution in [3.63, 3.8) is 0 Å². The van der Waals surface area contributed by atoms with Gasteiger partial charge in [-0.1, -0.05) is 24.7 Å². The molecule has 1 saturated carbocycles. The molecule has 1 aromatic rings. The molecule has 1 aliphatic heterocycles. The second-order valence-electron chi connectivity index (χ2n) is 5.99. The van der Waals surface area contributed by atoms with Crippen molar-refractivity contribution in [2.45, 2.75) is 25.8 Å². The molecule has 21 heavy (non-hydrogen) atoms. The Hall–Kier alpha value is -1.34. The number of rotatable bonds is 4. The average Bonchev–Trinajstić information content (AvgIpc) is 3.10. The molecule has 3 rings (SSSR count). The molecule has 0 spiro atoms. The summed E-state index contributed by atoms with van der Waals surface area (Å²) in [5.41, 5.74) is 5.94. The van der Waals surface area contributed by atoms with Crippen LogP contribution >= 0.6 is 11.3 Å². The van der Waals surface area contributed by atoms with Crippen LogP contribution in [0.3, 0.4) is 0 Å². The number of nitrogens with two attached hydrogens (primary N) is 1. The van der Waals surface area contributed by atoms with Gasteiger partial charge in [-0.2, -0.15) is 0 Å². The van der Waals surface area contributed by atoms with Crippen molar-refractivity contribution in [1.29, 1.82) is 0 Å². The van der Waals surface area contributed by atoms with Gasteiger partial charge in [-0.15, -0.1) is 0 Å². The molecule has 1 saturated heterocycles. The van der Waals surface area contributed by atoms with Gasteiger partial charge in [0.25, 0.3) is 5.91 Å². The first kappa shape index (κ1) is 14.6. The summed E-state index contributed by atoms with van der Waals surface area (Å²) >= 11 is 1.41. The van der Waals surface area contributed by atoms with Gasteiger partial charge in [0.05, 0.1) is 0 Å². The van der Waals surface area contributed by atoms with Gasteiger partial charge in [0.2, 0.25) is 0 Å². The summed E-state index contributed by atoms with van der Waals surface area (Å²) in [6.45, 7) is 6.06. The quantitative estimate of drug-likeness (QED) is 0.868. The predicted molar refractivity (Wildman–Crippen MR) is 85.9 cm³/mol. The third-order valence-electron chi connectivity index (χ3n) is 4.39. The smallest absolute Gasteiger partial charge is 0.265 e. The lowest BCUT2D eigenvalue weighted by Gasteiger charge is -2.31. The van der Waals surface area contributed by atoms with Crippen molar-refractivity contribution < 1.29 is 4.79 Å². The first-order chi connectivity index (χ1) is 10.1. The van der Waals surface area contributed by atoms with E-state index >= 15 is 0 Å². The fourth-order valence-corrected chi connectivity index (χ4v) is 3.67. The van der Waals surface area contributed by atoms with Gasteiger partial charge < -0.3 is 20.9 Å². The zero-order valence-corrected chi connectivity index (χ0v) is 13.4. The van der Waals surface area contributed by atoms with Crippen LogP contribution in [0, 0.1) is 5.92 Å². The molecular formula is C14H23N5OS. The molecule has 3 N–H and O–H groups in total. The summed E-state index contributed by atoms with van der Waals surface area (Å²) in [7, 11) is 2.12. The Kier molecular flexibility index (Phi) is 4.03. The van der Waals surface area contributed by atoms with Crippen LogP contribution in [0.25, 0.3) is 0 Å². The van der Waals surface area contributed by atoms with Gasteiger partial charge in [-0.3, -0.25) is 4.79 Å². The minimum atomic E-state index is -0.0636. The fraction of sp³-hybridized carbons (Fsp3) is 0.714. The van der Waals surface area contributed by atoms with E-state index in [0.29, 0.717) is 22.7 Å². The minimum absolute atomic E-state index is 0.0636. The maximum Gasteiger partial charge on any atom is 0.265 e. The maximum atomic E-state index is 12.3. The SMILES string of the molecule is CCC1CC1NC(=O)c1sc(N2CCN(C)CC2)nc1N. The largest absolute Gasteiger partial charge is 0.382 e. The number of piperazine rings is 1. The molecule has 2 unspecified atom stereocenters.